The molecule has 0 bridgehead atoms. The summed E-state index contributed by atoms with van der Waals surface area (Å²) in [5.41, 5.74) is 2.61. The molecule has 1 heterocycles. The van der Waals surface area contributed by atoms with Crippen LogP contribution in [0.15, 0.2) is 110 Å². The van der Waals surface area contributed by atoms with Gasteiger partial charge >= 0.3 is 35.8 Å². The highest BCUT2D eigenvalue weighted by Gasteiger charge is 2.34. The van der Waals surface area contributed by atoms with Crippen molar-refractivity contribution >= 4 is 57.4 Å². The second kappa shape index (κ2) is 25.3. The van der Waals surface area contributed by atoms with Crippen LogP contribution >= 0.6 is 11.3 Å². The van der Waals surface area contributed by atoms with Crippen molar-refractivity contribution in [2.45, 2.75) is 70.8 Å². The Labute approximate surface area is 420 Å². The van der Waals surface area contributed by atoms with Crippen LogP contribution in [0.5, 0.6) is 28.7 Å². The molecular formula is C55H54N2O14S. The molecule has 1 atom stereocenters. The van der Waals surface area contributed by atoms with E-state index in [1.54, 1.807) is 66.7 Å². The molecule has 7 rings (SSSR count). The highest BCUT2D eigenvalue weighted by atomic mass is 32.1. The fraction of sp³-hybridized carbons (Fsp3) is 0.345. The summed E-state index contributed by atoms with van der Waals surface area (Å²) in [5, 5.41) is 10.0. The number of nitriles is 1. The maximum atomic E-state index is 13.7. The van der Waals surface area contributed by atoms with Crippen molar-refractivity contribution in [3.63, 3.8) is 0 Å². The summed E-state index contributed by atoms with van der Waals surface area (Å²) in [7, 11) is 0. The van der Waals surface area contributed by atoms with E-state index >= 15 is 0 Å². The van der Waals surface area contributed by atoms with Gasteiger partial charge in [-0.2, -0.15) is 5.26 Å². The molecule has 2 aliphatic carbocycles. The van der Waals surface area contributed by atoms with Crippen molar-refractivity contribution in [1.29, 1.82) is 5.26 Å². The molecule has 72 heavy (non-hydrogen) atoms. The lowest BCUT2D eigenvalue weighted by Crippen LogP contribution is -2.30. The van der Waals surface area contributed by atoms with Gasteiger partial charge in [0.1, 0.15) is 46.7 Å². The Morgan fingerprint density at radius 2 is 1.15 bits per heavy atom. The highest BCUT2D eigenvalue weighted by Crippen LogP contribution is 2.39. The quantitative estimate of drug-likeness (QED) is 0.0290. The number of fused-ring (bicyclic) bond motifs is 1. The summed E-state index contributed by atoms with van der Waals surface area (Å²) in [6.45, 7) is 8.85. The number of carbonyl (C=O) groups excluding carboxylic acids is 6. The van der Waals surface area contributed by atoms with Gasteiger partial charge in [-0.05, 0) is 131 Å². The Balaban J connectivity index is 0.907. The number of thiazole rings is 1. The van der Waals surface area contributed by atoms with Crippen LogP contribution in [0.1, 0.15) is 69.4 Å². The van der Waals surface area contributed by atoms with Crippen LogP contribution in [0.2, 0.25) is 0 Å². The predicted molar refractivity (Wildman–Crippen MR) is 263 cm³/mol. The molecule has 0 N–H and O–H groups in total. The van der Waals surface area contributed by atoms with E-state index in [0.717, 1.165) is 28.0 Å². The number of ether oxygens (including phenoxy) is 8. The highest BCUT2D eigenvalue weighted by molar-refractivity contribution is 7.21. The number of esters is 6. The average Bonchev–Trinajstić information content (AvgIpc) is 3.87. The SMILES string of the molecule is C=CC(=O)OCC(COc1ccc(OC(=O)C2CCC(C(=O)Oc3ccc(CCOC(=O)C4CCC(C(=O)Oc5ccc(OCC)cc5)CC4)c4sc(-c5ccc(C#N)cc5)nc34)CC2)cc1)OC(=O)C=C. The molecule has 1 unspecified atom stereocenters. The smallest absolute Gasteiger partial charge is 0.330 e. The molecule has 5 aromatic rings. The topological polar surface area (TPSA) is 213 Å². The Hall–Kier alpha value is -7.84. The number of hydrogen-bond acceptors (Lipinski definition) is 17. The summed E-state index contributed by atoms with van der Waals surface area (Å²) in [6.07, 6.45) is 5.10. The molecule has 0 saturated heterocycles. The molecule has 0 aliphatic heterocycles. The van der Waals surface area contributed by atoms with Crippen molar-refractivity contribution in [3.05, 3.63) is 121 Å². The number of carbonyl (C=O) groups is 6. The van der Waals surface area contributed by atoms with Gasteiger partial charge < -0.3 is 37.9 Å². The lowest BCUT2D eigenvalue weighted by Gasteiger charge is -2.26. The third kappa shape index (κ3) is 14.2. The monoisotopic (exact) mass is 998 g/mol. The van der Waals surface area contributed by atoms with E-state index in [-0.39, 0.29) is 55.1 Å². The van der Waals surface area contributed by atoms with E-state index in [4.69, 9.17) is 42.9 Å². The summed E-state index contributed by atoms with van der Waals surface area (Å²) >= 11 is 1.40. The zero-order valence-electron chi connectivity index (χ0n) is 39.7. The zero-order valence-corrected chi connectivity index (χ0v) is 40.6. The minimum absolute atomic E-state index is 0.108. The van der Waals surface area contributed by atoms with Crippen molar-refractivity contribution in [2.75, 3.05) is 26.4 Å². The minimum Gasteiger partial charge on any atom is -0.494 e. The molecule has 374 valence electrons. The number of hydrogen-bond donors (Lipinski definition) is 0. The third-order valence-electron chi connectivity index (χ3n) is 12.3. The molecule has 16 nitrogen and oxygen atoms in total. The molecule has 17 heteroatoms. The molecule has 0 radical (unpaired) electrons. The Morgan fingerprint density at radius 1 is 0.639 bits per heavy atom. The molecule has 0 spiro atoms. The minimum atomic E-state index is -0.913. The normalized spacial score (nSPS) is 17.7. The molecule has 2 saturated carbocycles. The van der Waals surface area contributed by atoms with E-state index in [2.05, 4.69) is 19.2 Å². The summed E-state index contributed by atoms with van der Waals surface area (Å²) in [6, 6.07) is 25.9. The Kier molecular flexibility index (Phi) is 18.3. The first-order valence-corrected chi connectivity index (χ1v) is 24.6. The van der Waals surface area contributed by atoms with Crippen molar-refractivity contribution in [1.82, 2.24) is 4.98 Å². The van der Waals surface area contributed by atoms with Gasteiger partial charge in [-0.3, -0.25) is 19.2 Å². The van der Waals surface area contributed by atoms with E-state index in [0.29, 0.717) is 97.7 Å². The van der Waals surface area contributed by atoms with Gasteiger partial charge in [0.25, 0.3) is 0 Å². The van der Waals surface area contributed by atoms with Gasteiger partial charge in [0, 0.05) is 24.1 Å². The third-order valence-corrected chi connectivity index (χ3v) is 13.5. The van der Waals surface area contributed by atoms with Gasteiger partial charge in [-0.25, -0.2) is 14.6 Å². The fourth-order valence-corrected chi connectivity index (χ4v) is 9.48. The van der Waals surface area contributed by atoms with Crippen LogP contribution in [0.4, 0.5) is 0 Å². The molecule has 1 aromatic heterocycles. The van der Waals surface area contributed by atoms with Crippen molar-refractivity contribution in [2.24, 2.45) is 23.7 Å². The lowest BCUT2D eigenvalue weighted by molar-refractivity contribution is -0.154. The Morgan fingerprint density at radius 3 is 1.68 bits per heavy atom. The number of benzene rings is 4. The van der Waals surface area contributed by atoms with Gasteiger partial charge in [-0.1, -0.05) is 31.4 Å². The van der Waals surface area contributed by atoms with Crippen LogP contribution in [0.25, 0.3) is 20.8 Å². The van der Waals surface area contributed by atoms with Crippen molar-refractivity contribution < 1.29 is 66.7 Å². The molecular weight excluding hydrogens is 945 g/mol. The maximum absolute atomic E-state index is 13.7. The van der Waals surface area contributed by atoms with Crippen LogP contribution < -0.4 is 23.7 Å². The lowest BCUT2D eigenvalue weighted by atomic mass is 9.82. The van der Waals surface area contributed by atoms with Gasteiger partial charge in [-0.15, -0.1) is 11.3 Å². The van der Waals surface area contributed by atoms with E-state index < -0.39 is 41.8 Å². The van der Waals surface area contributed by atoms with Crippen LogP contribution in [-0.2, 0) is 49.4 Å². The molecule has 4 aromatic carbocycles. The number of aromatic nitrogens is 1. The standard InChI is InChI=1S/C55H54N2O14S/c1-4-47(58)67-33-45(68-48(59)5-2)32-66-42-22-26-44(27-23-42)70-54(62)39-15-17-40(18-16-39)55(63)71-46-28-19-35(50-49(46)57-51(72-50)36-9-7-34(31-56)8-10-36)29-30-65-52(60)37-11-13-38(14-12-37)53(61)69-43-24-20-41(21-25-43)64-6-3/h4-5,7-10,19-28,37-40,45H,1-2,6,11-18,29-30,32-33H2,3H3. The fourth-order valence-electron chi connectivity index (χ4n) is 8.35. The van der Waals surface area contributed by atoms with Crippen LogP contribution in [0, 0.1) is 35.0 Å². The number of rotatable bonds is 21. The van der Waals surface area contributed by atoms with Crippen LogP contribution in [0.3, 0.4) is 0 Å². The Bertz CT molecular complexity index is 2780. The number of nitrogens with zero attached hydrogens (tertiary/aromatic N) is 2. The average molecular weight is 999 g/mol. The van der Waals surface area contributed by atoms with E-state index in [1.165, 1.54) is 11.3 Å². The van der Waals surface area contributed by atoms with Gasteiger partial charge in [0.15, 0.2) is 11.9 Å². The van der Waals surface area contributed by atoms with Crippen LogP contribution in [-0.4, -0.2) is 73.3 Å². The summed E-state index contributed by atoms with van der Waals surface area (Å²) in [4.78, 5) is 81.2. The van der Waals surface area contributed by atoms with E-state index in [9.17, 15) is 34.0 Å². The van der Waals surface area contributed by atoms with Gasteiger partial charge in [0.2, 0.25) is 0 Å². The van der Waals surface area contributed by atoms with Gasteiger partial charge in [0.05, 0.1) is 53.2 Å². The second-order valence-electron chi connectivity index (χ2n) is 17.2. The second-order valence-corrected chi connectivity index (χ2v) is 18.2. The first-order valence-electron chi connectivity index (χ1n) is 23.8. The zero-order chi connectivity index (χ0) is 51.0. The summed E-state index contributed by atoms with van der Waals surface area (Å²) < 4.78 is 45.2. The molecule has 2 fully saturated rings. The summed E-state index contributed by atoms with van der Waals surface area (Å²) in [5.74, 6) is -2.35. The maximum Gasteiger partial charge on any atom is 0.330 e. The largest absolute Gasteiger partial charge is 0.494 e. The van der Waals surface area contributed by atoms with E-state index in [1.807, 2.05) is 25.1 Å². The van der Waals surface area contributed by atoms with Crippen molar-refractivity contribution in [3.8, 4) is 45.4 Å². The first kappa shape index (κ1) is 52.0. The predicted octanol–water partition coefficient (Wildman–Crippen LogP) is 9.25. The molecule has 2 aliphatic rings. The first-order chi connectivity index (χ1) is 34.9. The molecule has 0 amide bonds.